The smallest absolute Gasteiger partial charge is 0.191 e. The quantitative estimate of drug-likeness (QED) is 0.336. The number of hydrogen-bond acceptors (Lipinski definition) is 3. The Kier molecular flexibility index (Phi) is 9.27. The monoisotopic (exact) mass is 504 g/mol. The van der Waals surface area contributed by atoms with E-state index < -0.39 is 0 Å². The minimum Gasteiger partial charge on any atom is -0.378 e. The van der Waals surface area contributed by atoms with Gasteiger partial charge in [0.1, 0.15) is 5.82 Å². The first-order chi connectivity index (χ1) is 13.2. The van der Waals surface area contributed by atoms with Crippen LogP contribution in [0.3, 0.4) is 0 Å². The lowest BCUT2D eigenvalue weighted by molar-refractivity contribution is 0.122. The highest BCUT2D eigenvalue weighted by Crippen LogP contribution is 2.43. The normalized spacial score (nSPS) is 18.8. The molecule has 0 unspecified atom stereocenters. The maximum atomic E-state index is 14.5. The maximum absolute atomic E-state index is 14.5. The summed E-state index contributed by atoms with van der Waals surface area (Å²) in [4.78, 5) is 6.70. The Morgan fingerprint density at radius 2 is 1.96 bits per heavy atom. The van der Waals surface area contributed by atoms with Crippen molar-refractivity contribution >= 4 is 35.6 Å². The summed E-state index contributed by atoms with van der Waals surface area (Å²) in [7, 11) is 0. The lowest BCUT2D eigenvalue weighted by atomic mass is 9.67. The molecule has 0 amide bonds. The predicted octanol–water partition coefficient (Wildman–Crippen LogP) is 3.92. The van der Waals surface area contributed by atoms with Gasteiger partial charge in [-0.15, -0.1) is 24.0 Å². The van der Waals surface area contributed by atoms with Crippen LogP contribution in [0.1, 0.15) is 45.1 Å². The zero-order valence-electron chi connectivity index (χ0n) is 17.1. The average molecular weight is 504 g/mol. The van der Waals surface area contributed by atoms with Gasteiger partial charge in [0.15, 0.2) is 5.96 Å². The molecule has 1 aliphatic heterocycles. The second kappa shape index (κ2) is 11.2. The summed E-state index contributed by atoms with van der Waals surface area (Å²) in [5.74, 6) is 0.636. The van der Waals surface area contributed by atoms with Crippen molar-refractivity contribution in [2.45, 2.75) is 46.1 Å². The van der Waals surface area contributed by atoms with Crippen LogP contribution in [0.5, 0.6) is 0 Å². The molecule has 1 aromatic rings. The molecule has 3 rings (SSSR count). The van der Waals surface area contributed by atoms with Crippen molar-refractivity contribution in [1.29, 1.82) is 0 Å². The summed E-state index contributed by atoms with van der Waals surface area (Å²) >= 11 is 0. The Labute approximate surface area is 185 Å². The molecule has 0 radical (unpaired) electrons. The summed E-state index contributed by atoms with van der Waals surface area (Å²) in [6, 6.07) is 5.45. The van der Waals surface area contributed by atoms with Crippen molar-refractivity contribution in [3.63, 3.8) is 0 Å². The van der Waals surface area contributed by atoms with Crippen molar-refractivity contribution in [3.8, 4) is 0 Å². The first-order valence-electron chi connectivity index (χ1n) is 10.3. The van der Waals surface area contributed by atoms with E-state index in [4.69, 9.17) is 4.74 Å². The Hall–Kier alpha value is -1.09. The highest BCUT2D eigenvalue weighted by Gasteiger charge is 2.34. The van der Waals surface area contributed by atoms with Crippen LogP contribution in [0.15, 0.2) is 23.2 Å². The average Bonchev–Trinajstić information content (AvgIpc) is 2.66. The fraction of sp³-hybridized carbons (Fsp3) is 0.667. The SMILES string of the molecule is CCNC(=NCc1ccc(N2CCOCC2)c(F)c1)NCC1(CC)CCC1.I. The van der Waals surface area contributed by atoms with Gasteiger partial charge in [0.2, 0.25) is 0 Å². The topological polar surface area (TPSA) is 48.9 Å². The third kappa shape index (κ3) is 5.95. The number of aliphatic imine (C=N–C) groups is 1. The van der Waals surface area contributed by atoms with Crippen molar-refractivity contribution in [2.24, 2.45) is 10.4 Å². The number of morpholine rings is 1. The molecule has 5 nitrogen and oxygen atoms in total. The van der Waals surface area contributed by atoms with Crippen LogP contribution in [0.25, 0.3) is 0 Å². The lowest BCUT2D eigenvalue weighted by Gasteiger charge is -2.41. The third-order valence-corrected chi connectivity index (χ3v) is 5.92. The Bertz CT molecular complexity index is 640. The molecule has 0 spiro atoms. The van der Waals surface area contributed by atoms with E-state index in [-0.39, 0.29) is 29.8 Å². The van der Waals surface area contributed by atoms with Gasteiger partial charge in [0.05, 0.1) is 25.4 Å². The maximum Gasteiger partial charge on any atom is 0.191 e. The summed E-state index contributed by atoms with van der Waals surface area (Å²) in [5.41, 5.74) is 1.98. The molecule has 0 aromatic heterocycles. The van der Waals surface area contributed by atoms with Crippen LogP contribution < -0.4 is 15.5 Å². The largest absolute Gasteiger partial charge is 0.378 e. The number of anilines is 1. The van der Waals surface area contributed by atoms with Crippen LogP contribution in [0.4, 0.5) is 10.1 Å². The minimum atomic E-state index is -0.179. The van der Waals surface area contributed by atoms with Crippen LogP contribution in [0, 0.1) is 11.2 Å². The molecule has 1 aromatic carbocycles. The molecule has 7 heteroatoms. The Morgan fingerprint density at radius 3 is 2.54 bits per heavy atom. The number of nitrogens with one attached hydrogen (secondary N) is 2. The summed E-state index contributed by atoms with van der Waals surface area (Å²) in [5, 5.41) is 6.78. The van der Waals surface area contributed by atoms with Gasteiger partial charge in [0, 0.05) is 26.2 Å². The molecule has 0 atom stereocenters. The fourth-order valence-electron chi connectivity index (χ4n) is 3.82. The Morgan fingerprint density at radius 1 is 1.21 bits per heavy atom. The van der Waals surface area contributed by atoms with Gasteiger partial charge < -0.3 is 20.3 Å². The van der Waals surface area contributed by atoms with E-state index in [1.165, 1.54) is 25.7 Å². The first kappa shape index (κ1) is 23.2. The van der Waals surface area contributed by atoms with E-state index in [0.29, 0.717) is 30.9 Å². The van der Waals surface area contributed by atoms with Crippen LogP contribution in [-0.2, 0) is 11.3 Å². The summed E-state index contributed by atoms with van der Waals surface area (Å²) < 4.78 is 19.9. The Balaban J connectivity index is 0.00000280. The molecule has 1 heterocycles. The van der Waals surface area contributed by atoms with Crippen molar-refractivity contribution in [3.05, 3.63) is 29.6 Å². The molecule has 2 fully saturated rings. The second-order valence-electron chi connectivity index (χ2n) is 7.64. The van der Waals surface area contributed by atoms with Crippen LogP contribution in [0.2, 0.25) is 0 Å². The van der Waals surface area contributed by atoms with E-state index in [0.717, 1.165) is 37.7 Å². The molecule has 2 N–H and O–H groups in total. The van der Waals surface area contributed by atoms with Gasteiger partial charge in [-0.05, 0) is 49.3 Å². The highest BCUT2D eigenvalue weighted by atomic mass is 127. The first-order valence-corrected chi connectivity index (χ1v) is 10.3. The number of hydrogen-bond donors (Lipinski definition) is 2. The molecule has 1 aliphatic carbocycles. The highest BCUT2D eigenvalue weighted by molar-refractivity contribution is 14.0. The van der Waals surface area contributed by atoms with E-state index in [1.807, 2.05) is 17.0 Å². The van der Waals surface area contributed by atoms with Gasteiger partial charge in [-0.1, -0.05) is 19.4 Å². The predicted molar refractivity (Wildman–Crippen MR) is 124 cm³/mol. The van der Waals surface area contributed by atoms with Crippen molar-refractivity contribution in [1.82, 2.24) is 10.6 Å². The molecular formula is C21H34FIN4O. The zero-order valence-corrected chi connectivity index (χ0v) is 19.4. The van der Waals surface area contributed by atoms with E-state index >= 15 is 0 Å². The zero-order chi connectivity index (χ0) is 19.1. The van der Waals surface area contributed by atoms with Crippen LogP contribution in [-0.4, -0.2) is 45.4 Å². The number of halogens is 2. The summed E-state index contributed by atoms with van der Waals surface area (Å²) in [6.45, 7) is 9.36. The number of benzene rings is 1. The van der Waals surface area contributed by atoms with Gasteiger partial charge in [-0.2, -0.15) is 0 Å². The molecule has 1 saturated heterocycles. The molecule has 2 aliphatic rings. The number of guanidine groups is 1. The van der Waals surface area contributed by atoms with Crippen molar-refractivity contribution in [2.75, 3.05) is 44.3 Å². The standard InChI is InChI=1S/C21H33FN4O.HI/c1-3-21(8-5-9-21)16-25-20(23-4-2)24-15-17-6-7-19(18(22)14-17)26-10-12-27-13-11-26;/h6-7,14H,3-5,8-13,15-16H2,1-2H3,(H2,23,24,25);1H. The van der Waals surface area contributed by atoms with Gasteiger partial charge >= 0.3 is 0 Å². The summed E-state index contributed by atoms with van der Waals surface area (Å²) in [6.07, 6.45) is 5.12. The van der Waals surface area contributed by atoms with Gasteiger partial charge in [0.25, 0.3) is 0 Å². The van der Waals surface area contributed by atoms with E-state index in [2.05, 4.69) is 29.5 Å². The van der Waals surface area contributed by atoms with Gasteiger partial charge in [-0.25, -0.2) is 9.38 Å². The number of nitrogens with zero attached hydrogens (tertiary/aromatic N) is 2. The van der Waals surface area contributed by atoms with Crippen molar-refractivity contribution < 1.29 is 9.13 Å². The lowest BCUT2D eigenvalue weighted by Crippen LogP contribution is -2.46. The number of rotatable bonds is 7. The third-order valence-electron chi connectivity index (χ3n) is 5.92. The molecule has 28 heavy (non-hydrogen) atoms. The minimum absolute atomic E-state index is 0. The molecular weight excluding hydrogens is 470 g/mol. The van der Waals surface area contributed by atoms with E-state index in [1.54, 1.807) is 6.07 Å². The van der Waals surface area contributed by atoms with Crippen LogP contribution >= 0.6 is 24.0 Å². The fourth-order valence-corrected chi connectivity index (χ4v) is 3.82. The van der Waals surface area contributed by atoms with E-state index in [9.17, 15) is 4.39 Å². The second-order valence-corrected chi connectivity index (χ2v) is 7.64. The number of ether oxygens (including phenoxy) is 1. The molecule has 158 valence electrons. The molecule has 1 saturated carbocycles. The van der Waals surface area contributed by atoms with Gasteiger partial charge in [-0.3, -0.25) is 0 Å². The molecule has 0 bridgehead atoms.